The average molecular weight is 399 g/mol. The highest BCUT2D eigenvalue weighted by Gasteiger charge is 2.16. The van der Waals surface area contributed by atoms with Crippen LogP contribution in [0.4, 0.5) is 0 Å². The molecule has 6 heteroatoms. The molecule has 23 heavy (non-hydrogen) atoms. The second-order valence-electron chi connectivity index (χ2n) is 4.93. The summed E-state index contributed by atoms with van der Waals surface area (Å²) >= 11 is 9.43. The Labute approximate surface area is 148 Å². The average Bonchev–Trinajstić information content (AvgIpc) is 2.56. The molecule has 0 radical (unpaired) electrons. The third kappa shape index (κ3) is 4.18. The maximum atomic E-state index is 12.4. The monoisotopic (exact) mass is 397 g/mol. The highest BCUT2D eigenvalue weighted by molar-refractivity contribution is 9.10. The molecule has 0 bridgehead atoms. The third-order valence-electron chi connectivity index (χ3n) is 3.43. The Morgan fingerprint density at radius 2 is 1.83 bits per heavy atom. The van der Waals surface area contributed by atoms with Gasteiger partial charge < -0.3 is 14.8 Å². The minimum atomic E-state index is -0.237. The van der Waals surface area contributed by atoms with Crippen LogP contribution < -0.4 is 14.8 Å². The summed E-state index contributed by atoms with van der Waals surface area (Å²) in [6.45, 7) is 1.89. The summed E-state index contributed by atoms with van der Waals surface area (Å²) in [7, 11) is 3.16. The largest absolute Gasteiger partial charge is 0.493 e. The molecule has 0 spiro atoms. The highest BCUT2D eigenvalue weighted by Crippen LogP contribution is 2.30. The molecule has 0 saturated carbocycles. The highest BCUT2D eigenvalue weighted by atomic mass is 79.9. The second-order valence-corrected chi connectivity index (χ2v) is 6.26. The molecule has 2 aromatic carbocycles. The Morgan fingerprint density at radius 3 is 2.48 bits per heavy atom. The van der Waals surface area contributed by atoms with Gasteiger partial charge in [0.05, 0.1) is 30.8 Å². The number of benzene rings is 2. The van der Waals surface area contributed by atoms with Gasteiger partial charge in [0.25, 0.3) is 5.91 Å². The predicted molar refractivity (Wildman–Crippen MR) is 94.6 cm³/mol. The predicted octanol–water partition coefficient (Wildman–Crippen LogP) is 4.61. The molecule has 1 unspecified atom stereocenters. The van der Waals surface area contributed by atoms with Crippen molar-refractivity contribution in [2.45, 2.75) is 13.0 Å². The first-order valence-corrected chi connectivity index (χ1v) is 8.11. The first-order valence-electron chi connectivity index (χ1n) is 6.94. The fraction of sp³-hybridized carbons (Fsp3) is 0.235. The summed E-state index contributed by atoms with van der Waals surface area (Å²) in [5.41, 5.74) is 1.33. The summed E-state index contributed by atoms with van der Waals surface area (Å²) in [6, 6.07) is 10.5. The van der Waals surface area contributed by atoms with Crippen molar-refractivity contribution >= 4 is 33.4 Å². The SMILES string of the molecule is COc1ccc(C(C)NC(=O)c2cc(Br)ccc2Cl)cc1OC. The quantitative estimate of drug-likeness (QED) is 0.800. The Bertz CT molecular complexity index is 721. The lowest BCUT2D eigenvalue weighted by atomic mass is 10.1. The number of carbonyl (C=O) groups excluding carboxylic acids is 1. The van der Waals surface area contributed by atoms with Crippen LogP contribution in [0.2, 0.25) is 5.02 Å². The van der Waals surface area contributed by atoms with Crippen molar-refractivity contribution in [3.63, 3.8) is 0 Å². The Hall–Kier alpha value is -1.72. The summed E-state index contributed by atoms with van der Waals surface area (Å²) < 4.78 is 11.3. The molecule has 0 aromatic heterocycles. The number of amides is 1. The number of ether oxygens (including phenoxy) is 2. The molecule has 2 rings (SSSR count). The molecule has 0 aliphatic rings. The first-order chi connectivity index (χ1) is 11.0. The maximum Gasteiger partial charge on any atom is 0.253 e. The fourth-order valence-corrected chi connectivity index (χ4v) is 2.72. The van der Waals surface area contributed by atoms with Crippen LogP contribution in [0, 0.1) is 0 Å². The van der Waals surface area contributed by atoms with E-state index in [9.17, 15) is 4.79 Å². The van der Waals surface area contributed by atoms with E-state index in [-0.39, 0.29) is 11.9 Å². The molecule has 4 nitrogen and oxygen atoms in total. The van der Waals surface area contributed by atoms with E-state index in [0.29, 0.717) is 22.1 Å². The minimum Gasteiger partial charge on any atom is -0.493 e. The molecule has 2 aromatic rings. The molecule has 1 N–H and O–H groups in total. The van der Waals surface area contributed by atoms with Crippen molar-refractivity contribution in [1.29, 1.82) is 0 Å². The number of hydrogen-bond acceptors (Lipinski definition) is 3. The number of carbonyl (C=O) groups is 1. The van der Waals surface area contributed by atoms with Crippen LogP contribution in [-0.4, -0.2) is 20.1 Å². The van der Waals surface area contributed by atoms with E-state index in [4.69, 9.17) is 21.1 Å². The summed E-state index contributed by atoms with van der Waals surface area (Å²) in [5, 5.41) is 3.34. The van der Waals surface area contributed by atoms with Crippen LogP contribution in [0.1, 0.15) is 28.9 Å². The number of halogens is 2. The molecule has 0 heterocycles. The summed E-state index contributed by atoms with van der Waals surface area (Å²) in [5.74, 6) is 1.02. The van der Waals surface area contributed by atoms with Gasteiger partial charge in [-0.1, -0.05) is 33.6 Å². The van der Waals surface area contributed by atoms with Crippen molar-refractivity contribution in [1.82, 2.24) is 5.32 Å². The van der Waals surface area contributed by atoms with Gasteiger partial charge in [-0.2, -0.15) is 0 Å². The molecular weight excluding hydrogens is 382 g/mol. The number of hydrogen-bond donors (Lipinski definition) is 1. The van der Waals surface area contributed by atoms with Gasteiger partial charge in [-0.3, -0.25) is 4.79 Å². The Balaban J connectivity index is 2.19. The molecule has 122 valence electrons. The zero-order chi connectivity index (χ0) is 17.0. The lowest BCUT2D eigenvalue weighted by Crippen LogP contribution is -2.27. The van der Waals surface area contributed by atoms with Crippen molar-refractivity contribution in [3.8, 4) is 11.5 Å². The molecule has 1 atom stereocenters. The van der Waals surface area contributed by atoms with Crippen LogP contribution in [0.25, 0.3) is 0 Å². The van der Waals surface area contributed by atoms with Crippen molar-refractivity contribution in [2.24, 2.45) is 0 Å². The normalized spacial score (nSPS) is 11.7. The smallest absolute Gasteiger partial charge is 0.253 e. The molecule has 0 aliphatic heterocycles. The van der Waals surface area contributed by atoms with Gasteiger partial charge in [0.2, 0.25) is 0 Å². The standard InChI is InChI=1S/C17H17BrClNO3/c1-10(11-4-7-15(22-2)16(8-11)23-3)20-17(21)13-9-12(18)5-6-14(13)19/h4-10H,1-3H3,(H,20,21). The zero-order valence-corrected chi connectivity index (χ0v) is 15.4. The number of nitrogens with one attached hydrogen (secondary N) is 1. The van der Waals surface area contributed by atoms with E-state index in [2.05, 4.69) is 21.2 Å². The van der Waals surface area contributed by atoms with Gasteiger partial charge in [0.15, 0.2) is 11.5 Å². The van der Waals surface area contributed by atoms with Crippen LogP contribution >= 0.6 is 27.5 Å². The lowest BCUT2D eigenvalue weighted by molar-refractivity contribution is 0.0940. The first kappa shape index (κ1) is 17.6. The molecule has 1 amide bonds. The van der Waals surface area contributed by atoms with Gasteiger partial charge in [-0.05, 0) is 42.8 Å². The number of methoxy groups -OCH3 is 2. The molecule has 0 aliphatic carbocycles. The maximum absolute atomic E-state index is 12.4. The fourth-order valence-electron chi connectivity index (χ4n) is 2.15. The topological polar surface area (TPSA) is 47.6 Å². The van der Waals surface area contributed by atoms with E-state index in [1.165, 1.54) is 0 Å². The van der Waals surface area contributed by atoms with Crippen LogP contribution in [0.5, 0.6) is 11.5 Å². The van der Waals surface area contributed by atoms with Gasteiger partial charge in [0.1, 0.15) is 0 Å². The van der Waals surface area contributed by atoms with Crippen LogP contribution in [0.3, 0.4) is 0 Å². The minimum absolute atomic E-state index is 0.211. The van der Waals surface area contributed by atoms with Gasteiger partial charge in [-0.15, -0.1) is 0 Å². The third-order valence-corrected chi connectivity index (χ3v) is 4.25. The summed E-state index contributed by atoms with van der Waals surface area (Å²) in [6.07, 6.45) is 0. The van der Waals surface area contributed by atoms with E-state index in [1.54, 1.807) is 32.4 Å². The molecule has 0 fully saturated rings. The Kier molecular flexibility index (Phi) is 5.91. The van der Waals surface area contributed by atoms with E-state index in [0.717, 1.165) is 10.0 Å². The lowest BCUT2D eigenvalue weighted by Gasteiger charge is -2.17. The van der Waals surface area contributed by atoms with Crippen molar-refractivity contribution in [3.05, 3.63) is 57.0 Å². The van der Waals surface area contributed by atoms with E-state index in [1.807, 2.05) is 25.1 Å². The molecular formula is C17H17BrClNO3. The van der Waals surface area contributed by atoms with Crippen molar-refractivity contribution in [2.75, 3.05) is 14.2 Å². The van der Waals surface area contributed by atoms with Gasteiger partial charge in [0, 0.05) is 4.47 Å². The van der Waals surface area contributed by atoms with E-state index < -0.39 is 0 Å². The van der Waals surface area contributed by atoms with Crippen LogP contribution in [0.15, 0.2) is 40.9 Å². The Morgan fingerprint density at radius 1 is 1.13 bits per heavy atom. The van der Waals surface area contributed by atoms with Gasteiger partial charge >= 0.3 is 0 Å². The second kappa shape index (κ2) is 7.70. The van der Waals surface area contributed by atoms with E-state index >= 15 is 0 Å². The van der Waals surface area contributed by atoms with Crippen LogP contribution in [-0.2, 0) is 0 Å². The van der Waals surface area contributed by atoms with Crippen molar-refractivity contribution < 1.29 is 14.3 Å². The number of rotatable bonds is 5. The summed E-state index contributed by atoms with van der Waals surface area (Å²) in [4.78, 5) is 12.4. The molecule has 0 saturated heterocycles. The van der Waals surface area contributed by atoms with Gasteiger partial charge in [-0.25, -0.2) is 0 Å². The zero-order valence-electron chi connectivity index (χ0n) is 13.0.